The summed E-state index contributed by atoms with van der Waals surface area (Å²) in [5.41, 5.74) is 3.66. The van der Waals surface area contributed by atoms with Crippen molar-refractivity contribution in [3.8, 4) is 0 Å². The minimum atomic E-state index is -0.0838. The van der Waals surface area contributed by atoms with E-state index < -0.39 is 0 Å². The van der Waals surface area contributed by atoms with E-state index in [1.807, 2.05) is 73.0 Å². The van der Waals surface area contributed by atoms with E-state index in [0.717, 1.165) is 11.1 Å². The summed E-state index contributed by atoms with van der Waals surface area (Å²) in [4.78, 5) is 31.7. The van der Waals surface area contributed by atoms with Crippen LogP contribution in [0.5, 0.6) is 0 Å². The van der Waals surface area contributed by atoms with Crippen LogP contribution in [0, 0.1) is 0 Å². The second-order valence-electron chi connectivity index (χ2n) is 6.68. The predicted molar refractivity (Wildman–Crippen MR) is 110 cm³/mol. The highest BCUT2D eigenvalue weighted by Crippen LogP contribution is 2.15. The maximum atomic E-state index is 13.0. The number of hydrogen-bond donors (Lipinski definition) is 0. The summed E-state index contributed by atoms with van der Waals surface area (Å²) in [5, 5.41) is 0. The average Bonchev–Trinajstić information content (AvgIpc) is 3.23. The van der Waals surface area contributed by atoms with E-state index in [1.54, 1.807) is 15.7 Å². The minimum Gasteiger partial charge on any atom is -0.339 e. The van der Waals surface area contributed by atoms with Crippen molar-refractivity contribution in [3.63, 3.8) is 0 Å². The highest BCUT2D eigenvalue weighted by molar-refractivity contribution is 5.94. The predicted octanol–water partition coefficient (Wildman–Crippen LogP) is 3.18. The van der Waals surface area contributed by atoms with Gasteiger partial charge in [0.05, 0.1) is 12.1 Å². The second kappa shape index (κ2) is 7.31. The molecule has 1 amide bonds. The van der Waals surface area contributed by atoms with Crippen LogP contribution in [0.3, 0.4) is 0 Å². The Hall–Kier alpha value is -3.41. The Morgan fingerprint density at radius 2 is 1.71 bits per heavy atom. The van der Waals surface area contributed by atoms with Gasteiger partial charge in [0.2, 0.25) is 0 Å². The van der Waals surface area contributed by atoms with Crippen LogP contribution in [0.4, 0.5) is 0 Å². The van der Waals surface area contributed by atoms with Gasteiger partial charge in [-0.25, -0.2) is 4.98 Å². The molecule has 4 rings (SSSR count). The summed E-state index contributed by atoms with van der Waals surface area (Å²) < 4.78 is 3.55. The van der Waals surface area contributed by atoms with Crippen molar-refractivity contribution in [3.05, 3.63) is 82.4 Å². The number of carbonyl (C=O) groups excluding carboxylic acids is 1. The lowest BCUT2D eigenvalue weighted by Crippen LogP contribution is -2.30. The van der Waals surface area contributed by atoms with Crippen LogP contribution in [0.2, 0.25) is 0 Å². The Labute approximate surface area is 162 Å². The van der Waals surface area contributed by atoms with Crippen molar-refractivity contribution in [1.82, 2.24) is 18.9 Å². The van der Waals surface area contributed by atoms with Crippen LogP contribution in [0.1, 0.15) is 29.8 Å². The van der Waals surface area contributed by atoms with E-state index in [0.29, 0.717) is 36.4 Å². The number of benzene rings is 1. The molecule has 0 aliphatic carbocycles. The molecule has 0 saturated heterocycles. The summed E-state index contributed by atoms with van der Waals surface area (Å²) in [6, 6.07) is 15.0. The lowest BCUT2D eigenvalue weighted by Gasteiger charge is -2.18. The average molecular weight is 374 g/mol. The highest BCUT2D eigenvalue weighted by Gasteiger charge is 2.14. The van der Waals surface area contributed by atoms with Crippen molar-refractivity contribution in [2.75, 3.05) is 13.1 Å². The molecule has 0 bridgehead atoms. The molecule has 0 aliphatic heterocycles. The zero-order valence-corrected chi connectivity index (χ0v) is 16.0. The quantitative estimate of drug-likeness (QED) is 0.539. The highest BCUT2D eigenvalue weighted by atomic mass is 16.2. The van der Waals surface area contributed by atoms with E-state index in [9.17, 15) is 9.59 Å². The molecule has 1 aromatic carbocycles. The van der Waals surface area contributed by atoms with Crippen molar-refractivity contribution < 1.29 is 4.79 Å². The van der Waals surface area contributed by atoms with Crippen molar-refractivity contribution in [2.24, 2.45) is 0 Å². The summed E-state index contributed by atoms with van der Waals surface area (Å²) in [5.74, 6) is 0.0236. The molecule has 3 heterocycles. The molecule has 0 radical (unpaired) electrons. The van der Waals surface area contributed by atoms with Gasteiger partial charge in [-0.1, -0.05) is 12.1 Å². The zero-order valence-electron chi connectivity index (χ0n) is 16.0. The largest absolute Gasteiger partial charge is 0.339 e. The first kappa shape index (κ1) is 18.0. The molecule has 142 valence electrons. The Morgan fingerprint density at radius 3 is 2.43 bits per heavy atom. The normalized spacial score (nSPS) is 11.2. The Kier molecular flexibility index (Phi) is 4.69. The van der Waals surface area contributed by atoms with Gasteiger partial charge in [0.1, 0.15) is 5.52 Å². The summed E-state index contributed by atoms with van der Waals surface area (Å²) in [6.07, 6.45) is 3.57. The number of carbonyl (C=O) groups is 1. The van der Waals surface area contributed by atoms with Crippen LogP contribution < -0.4 is 5.56 Å². The molecule has 0 unspecified atom stereocenters. The number of hydrogen-bond acceptors (Lipinski definition) is 3. The van der Waals surface area contributed by atoms with Crippen molar-refractivity contribution >= 4 is 22.6 Å². The molecule has 0 fully saturated rings. The third kappa shape index (κ3) is 2.97. The molecule has 0 atom stereocenters. The first-order valence-corrected chi connectivity index (χ1v) is 9.46. The molecule has 28 heavy (non-hydrogen) atoms. The Bertz CT molecular complexity index is 1200. The third-order valence-corrected chi connectivity index (χ3v) is 5.09. The molecule has 4 aromatic rings. The first-order valence-electron chi connectivity index (χ1n) is 9.46. The fourth-order valence-corrected chi connectivity index (χ4v) is 3.56. The zero-order chi connectivity index (χ0) is 19.7. The van der Waals surface area contributed by atoms with Gasteiger partial charge >= 0.3 is 0 Å². The van der Waals surface area contributed by atoms with Gasteiger partial charge in [-0.05, 0) is 55.8 Å². The van der Waals surface area contributed by atoms with Crippen LogP contribution in [-0.2, 0) is 6.54 Å². The van der Waals surface area contributed by atoms with E-state index >= 15 is 0 Å². The molecule has 0 aliphatic rings. The molecule has 6 heteroatoms. The number of aromatic nitrogens is 3. The number of fused-ring (bicyclic) bond motifs is 3. The smallest absolute Gasteiger partial charge is 0.276 e. The maximum Gasteiger partial charge on any atom is 0.276 e. The van der Waals surface area contributed by atoms with Gasteiger partial charge in [-0.3, -0.25) is 14.2 Å². The number of nitrogens with zero attached hydrogens (tertiary/aromatic N) is 4. The Morgan fingerprint density at radius 1 is 1.00 bits per heavy atom. The van der Waals surface area contributed by atoms with Crippen LogP contribution in [0.15, 0.2) is 65.7 Å². The number of pyridine rings is 1. The molecular formula is C22H22N4O2. The van der Waals surface area contributed by atoms with Crippen molar-refractivity contribution in [2.45, 2.75) is 20.4 Å². The third-order valence-electron chi connectivity index (χ3n) is 5.09. The maximum absolute atomic E-state index is 13.0. The molecule has 3 aromatic heterocycles. The lowest BCUT2D eigenvalue weighted by molar-refractivity contribution is 0.0773. The monoisotopic (exact) mass is 374 g/mol. The molecule has 6 nitrogen and oxygen atoms in total. The van der Waals surface area contributed by atoms with Crippen LogP contribution >= 0.6 is 0 Å². The lowest BCUT2D eigenvalue weighted by atomic mass is 10.1. The summed E-state index contributed by atoms with van der Waals surface area (Å²) >= 11 is 0. The van der Waals surface area contributed by atoms with Gasteiger partial charge in [0, 0.05) is 31.0 Å². The summed E-state index contributed by atoms with van der Waals surface area (Å²) in [7, 11) is 0. The standard InChI is InChI=1S/C22H22N4O2/c1-3-24(4-2)21(27)17-11-9-16(10-12-17)15-26-20-18(7-5-13-23-20)25-14-6-8-19(25)22(26)28/h5-14H,3-4,15H2,1-2H3. The molecule has 0 saturated carbocycles. The first-order chi connectivity index (χ1) is 13.6. The number of amides is 1. The number of rotatable bonds is 5. The topological polar surface area (TPSA) is 59.6 Å². The van der Waals surface area contributed by atoms with E-state index in [-0.39, 0.29) is 11.5 Å². The Balaban J connectivity index is 1.73. The molecular weight excluding hydrogens is 352 g/mol. The van der Waals surface area contributed by atoms with E-state index in [1.165, 1.54) is 0 Å². The molecule has 0 N–H and O–H groups in total. The van der Waals surface area contributed by atoms with Gasteiger partial charge in [0.25, 0.3) is 11.5 Å². The van der Waals surface area contributed by atoms with Gasteiger partial charge in [-0.15, -0.1) is 0 Å². The summed E-state index contributed by atoms with van der Waals surface area (Å²) in [6.45, 7) is 5.70. The van der Waals surface area contributed by atoms with Crippen LogP contribution in [-0.4, -0.2) is 37.8 Å². The van der Waals surface area contributed by atoms with E-state index in [4.69, 9.17) is 0 Å². The van der Waals surface area contributed by atoms with Gasteiger partial charge in [-0.2, -0.15) is 0 Å². The van der Waals surface area contributed by atoms with Gasteiger partial charge in [0.15, 0.2) is 5.65 Å². The minimum absolute atomic E-state index is 0.0236. The van der Waals surface area contributed by atoms with Crippen LogP contribution in [0.25, 0.3) is 16.7 Å². The van der Waals surface area contributed by atoms with E-state index in [2.05, 4.69) is 4.98 Å². The SMILES string of the molecule is CCN(CC)C(=O)c1ccc(Cn2c(=O)c3cccn3c3cccnc32)cc1. The van der Waals surface area contributed by atoms with Crippen molar-refractivity contribution in [1.29, 1.82) is 0 Å². The van der Waals surface area contributed by atoms with Gasteiger partial charge < -0.3 is 9.30 Å². The fraction of sp³-hybridized carbons (Fsp3) is 0.227. The molecule has 0 spiro atoms. The fourth-order valence-electron chi connectivity index (χ4n) is 3.56. The second-order valence-corrected chi connectivity index (χ2v) is 6.68.